The summed E-state index contributed by atoms with van der Waals surface area (Å²) in [6, 6.07) is 8.08. The van der Waals surface area contributed by atoms with Crippen LogP contribution in [-0.4, -0.2) is 42.7 Å². The average molecular weight is 468 g/mol. The van der Waals surface area contributed by atoms with E-state index in [-0.39, 0.29) is 38.9 Å². The van der Waals surface area contributed by atoms with Gasteiger partial charge in [-0.05, 0) is 19.1 Å². The number of carbonyl (C=O) groups excluding carboxylic acids is 3. The summed E-state index contributed by atoms with van der Waals surface area (Å²) in [5.41, 5.74) is -0.947. The van der Waals surface area contributed by atoms with Crippen LogP contribution in [0.25, 0.3) is 0 Å². The second kappa shape index (κ2) is 8.16. The molecule has 2 heterocycles. The standard InChI is InChI=1S/C19H12N6O7S/c1-9-13(6-10(24(29)30)7-14(9)25(31)32)16(26)20-19-22-21-15(33-19)8-23-17(27)11-4-2-3-5-12(11)18(23)28/h2-7H,8H2,1H3,(H,20,22,26). The predicted octanol–water partition coefficient (Wildman–Crippen LogP) is 2.71. The maximum absolute atomic E-state index is 12.7. The van der Waals surface area contributed by atoms with Gasteiger partial charge < -0.3 is 0 Å². The summed E-state index contributed by atoms with van der Waals surface area (Å²) < 4.78 is 0. The first-order valence-electron chi connectivity index (χ1n) is 9.19. The molecule has 0 spiro atoms. The number of carbonyl (C=O) groups is 3. The van der Waals surface area contributed by atoms with Gasteiger partial charge in [0.05, 0.1) is 39.1 Å². The van der Waals surface area contributed by atoms with Gasteiger partial charge in [-0.1, -0.05) is 23.5 Å². The molecule has 1 aliphatic rings. The van der Waals surface area contributed by atoms with Crippen molar-refractivity contribution in [1.29, 1.82) is 0 Å². The highest BCUT2D eigenvalue weighted by Crippen LogP contribution is 2.30. The second-order valence-electron chi connectivity index (χ2n) is 6.85. The molecule has 0 atom stereocenters. The van der Waals surface area contributed by atoms with Gasteiger partial charge in [-0.2, -0.15) is 0 Å². The lowest BCUT2D eigenvalue weighted by molar-refractivity contribution is -0.394. The van der Waals surface area contributed by atoms with Crippen LogP contribution in [0, 0.1) is 27.2 Å². The van der Waals surface area contributed by atoms with Crippen molar-refractivity contribution in [3.63, 3.8) is 0 Å². The molecular weight excluding hydrogens is 456 g/mol. The lowest BCUT2D eigenvalue weighted by atomic mass is 10.0. The molecule has 13 nitrogen and oxygen atoms in total. The van der Waals surface area contributed by atoms with Gasteiger partial charge in [0.25, 0.3) is 29.1 Å². The van der Waals surface area contributed by atoms with Crippen molar-refractivity contribution in [2.45, 2.75) is 13.5 Å². The molecule has 0 aliphatic carbocycles. The predicted molar refractivity (Wildman–Crippen MR) is 113 cm³/mol. The van der Waals surface area contributed by atoms with E-state index in [4.69, 9.17) is 0 Å². The van der Waals surface area contributed by atoms with E-state index in [9.17, 15) is 34.6 Å². The van der Waals surface area contributed by atoms with E-state index in [0.29, 0.717) is 0 Å². The molecule has 0 saturated carbocycles. The summed E-state index contributed by atoms with van der Waals surface area (Å²) in [5, 5.41) is 32.6. The molecule has 2 aromatic carbocycles. The minimum Gasteiger partial charge on any atom is -0.296 e. The van der Waals surface area contributed by atoms with Crippen molar-refractivity contribution in [2.24, 2.45) is 0 Å². The number of fused-ring (bicyclic) bond motifs is 1. The zero-order valence-electron chi connectivity index (χ0n) is 16.7. The monoisotopic (exact) mass is 468 g/mol. The van der Waals surface area contributed by atoms with Crippen molar-refractivity contribution in [2.75, 3.05) is 5.32 Å². The Bertz CT molecular complexity index is 1330. The summed E-state index contributed by atoms with van der Waals surface area (Å²) in [6.45, 7) is 1.13. The van der Waals surface area contributed by atoms with Crippen LogP contribution in [-0.2, 0) is 6.54 Å². The fraction of sp³-hybridized carbons (Fsp3) is 0.105. The van der Waals surface area contributed by atoms with Gasteiger partial charge in [-0.25, -0.2) is 0 Å². The van der Waals surface area contributed by atoms with Crippen LogP contribution in [0.3, 0.4) is 0 Å². The molecule has 166 valence electrons. The lowest BCUT2D eigenvalue weighted by Gasteiger charge is -2.10. The van der Waals surface area contributed by atoms with Crippen molar-refractivity contribution in [3.8, 4) is 0 Å². The fourth-order valence-corrected chi connectivity index (χ4v) is 3.99. The molecule has 3 amide bonds. The molecule has 0 radical (unpaired) electrons. The number of aromatic nitrogens is 2. The molecule has 14 heteroatoms. The van der Waals surface area contributed by atoms with Crippen molar-refractivity contribution < 1.29 is 24.2 Å². The first-order valence-corrected chi connectivity index (χ1v) is 10.0. The zero-order valence-corrected chi connectivity index (χ0v) is 17.5. The van der Waals surface area contributed by atoms with E-state index in [2.05, 4.69) is 15.5 Å². The Morgan fingerprint density at radius 2 is 1.70 bits per heavy atom. The summed E-state index contributed by atoms with van der Waals surface area (Å²) in [6.07, 6.45) is 0. The van der Waals surface area contributed by atoms with Gasteiger partial charge >= 0.3 is 0 Å². The lowest BCUT2D eigenvalue weighted by Crippen LogP contribution is -2.29. The number of benzene rings is 2. The normalized spacial score (nSPS) is 12.6. The number of non-ortho nitro benzene ring substituents is 1. The van der Waals surface area contributed by atoms with E-state index < -0.39 is 38.9 Å². The van der Waals surface area contributed by atoms with E-state index in [0.717, 1.165) is 28.4 Å². The molecule has 1 aromatic heterocycles. The molecule has 0 unspecified atom stereocenters. The van der Waals surface area contributed by atoms with Crippen molar-refractivity contribution >= 4 is 45.6 Å². The van der Waals surface area contributed by atoms with Crippen LogP contribution < -0.4 is 5.32 Å². The van der Waals surface area contributed by atoms with Crippen LogP contribution in [0.15, 0.2) is 36.4 Å². The highest BCUT2D eigenvalue weighted by molar-refractivity contribution is 7.15. The smallest absolute Gasteiger partial charge is 0.279 e. The van der Waals surface area contributed by atoms with Gasteiger partial charge in [0, 0.05) is 11.6 Å². The second-order valence-corrected chi connectivity index (χ2v) is 7.91. The zero-order chi connectivity index (χ0) is 23.9. The number of nitro benzene ring substituents is 2. The maximum atomic E-state index is 12.7. The number of amides is 3. The van der Waals surface area contributed by atoms with Crippen LogP contribution >= 0.6 is 11.3 Å². The molecule has 0 saturated heterocycles. The first kappa shape index (κ1) is 21.6. The molecule has 4 rings (SSSR count). The summed E-state index contributed by atoms with van der Waals surface area (Å²) in [7, 11) is 0. The molecule has 1 aliphatic heterocycles. The molecule has 0 fully saturated rings. The Labute approximate surface area is 188 Å². The number of imide groups is 1. The van der Waals surface area contributed by atoms with E-state index in [1.165, 1.54) is 6.92 Å². The number of hydrogen-bond donors (Lipinski definition) is 1. The summed E-state index contributed by atoms with van der Waals surface area (Å²) in [5.74, 6) is -1.81. The number of hydrogen-bond acceptors (Lipinski definition) is 10. The van der Waals surface area contributed by atoms with Crippen molar-refractivity contribution in [1.82, 2.24) is 15.1 Å². The highest BCUT2D eigenvalue weighted by Gasteiger charge is 2.35. The molecule has 33 heavy (non-hydrogen) atoms. The Kier molecular flexibility index (Phi) is 5.35. The highest BCUT2D eigenvalue weighted by atomic mass is 32.1. The molecule has 0 bridgehead atoms. The largest absolute Gasteiger partial charge is 0.296 e. The SMILES string of the molecule is Cc1c(C(=O)Nc2nnc(CN3C(=O)c4ccccc4C3=O)s2)cc([N+](=O)[O-])cc1[N+](=O)[O-]. The molecular formula is C19H12N6O7S. The Morgan fingerprint density at radius 3 is 2.27 bits per heavy atom. The van der Waals surface area contributed by atoms with Crippen LogP contribution in [0.2, 0.25) is 0 Å². The average Bonchev–Trinajstić information content (AvgIpc) is 3.31. The van der Waals surface area contributed by atoms with Gasteiger partial charge in [-0.15, -0.1) is 10.2 Å². The number of rotatable bonds is 6. The topological polar surface area (TPSA) is 179 Å². The minimum atomic E-state index is -0.859. The third-order valence-corrected chi connectivity index (χ3v) is 5.70. The number of nitrogens with zero attached hydrogens (tertiary/aromatic N) is 5. The van der Waals surface area contributed by atoms with Gasteiger partial charge in [0.2, 0.25) is 5.13 Å². The summed E-state index contributed by atoms with van der Waals surface area (Å²) in [4.78, 5) is 59.3. The third kappa shape index (κ3) is 3.89. The van der Waals surface area contributed by atoms with Crippen LogP contribution in [0.1, 0.15) is 41.6 Å². The fourth-order valence-electron chi connectivity index (χ4n) is 3.27. The van der Waals surface area contributed by atoms with Crippen molar-refractivity contribution in [3.05, 3.63) is 83.9 Å². The minimum absolute atomic E-state index is 0.0137. The van der Waals surface area contributed by atoms with Gasteiger partial charge in [-0.3, -0.25) is 44.8 Å². The Balaban J connectivity index is 1.54. The molecule has 1 N–H and O–H groups in total. The first-order chi connectivity index (χ1) is 15.7. The third-order valence-electron chi connectivity index (χ3n) is 4.88. The quantitative estimate of drug-likeness (QED) is 0.323. The van der Waals surface area contributed by atoms with E-state index in [1.54, 1.807) is 24.3 Å². The number of nitro groups is 2. The van der Waals surface area contributed by atoms with E-state index in [1.807, 2.05) is 0 Å². The molecule has 3 aromatic rings. The number of anilines is 1. The van der Waals surface area contributed by atoms with E-state index >= 15 is 0 Å². The van der Waals surface area contributed by atoms with Gasteiger partial charge in [0.15, 0.2) is 0 Å². The van der Waals surface area contributed by atoms with Gasteiger partial charge in [0.1, 0.15) is 5.01 Å². The summed E-state index contributed by atoms with van der Waals surface area (Å²) >= 11 is 0.884. The number of nitrogens with one attached hydrogen (secondary N) is 1. The maximum Gasteiger partial charge on any atom is 0.279 e. The Hall–Kier alpha value is -4.59. The Morgan fingerprint density at radius 1 is 1.06 bits per heavy atom. The van der Waals surface area contributed by atoms with Crippen LogP contribution in [0.4, 0.5) is 16.5 Å². The van der Waals surface area contributed by atoms with Crippen LogP contribution in [0.5, 0.6) is 0 Å².